The highest BCUT2D eigenvalue weighted by Crippen LogP contribution is 2.08. The Morgan fingerprint density at radius 2 is 2.22 bits per heavy atom. The van der Waals surface area contributed by atoms with Crippen LogP contribution in [0.5, 0.6) is 5.75 Å². The maximum Gasteiger partial charge on any atom is 0.188 e. The smallest absolute Gasteiger partial charge is 0.188 e. The van der Waals surface area contributed by atoms with Crippen molar-refractivity contribution in [2.24, 2.45) is 10.7 Å². The van der Waals surface area contributed by atoms with Crippen molar-refractivity contribution in [1.29, 1.82) is 0 Å². The van der Waals surface area contributed by atoms with Crippen LogP contribution in [0, 0.1) is 0 Å². The molecule has 1 atom stereocenters. The van der Waals surface area contributed by atoms with Gasteiger partial charge in [0.05, 0.1) is 6.54 Å². The molecule has 5 heteroatoms. The lowest BCUT2D eigenvalue weighted by atomic mass is 10.3. The Kier molecular flexibility index (Phi) is 6.35. The summed E-state index contributed by atoms with van der Waals surface area (Å²) in [6, 6.07) is 9.31. The van der Waals surface area contributed by atoms with Crippen LogP contribution in [0.4, 0.5) is 0 Å². The molecule has 0 spiro atoms. The molecule has 0 heterocycles. The van der Waals surface area contributed by atoms with Crippen LogP contribution in [0.2, 0.25) is 0 Å². The number of ether oxygens (including phenoxy) is 1. The lowest BCUT2D eigenvalue weighted by Gasteiger charge is -2.10. The fourth-order valence-corrected chi connectivity index (χ4v) is 1.20. The van der Waals surface area contributed by atoms with Crippen molar-refractivity contribution >= 4 is 5.96 Å². The standard InChI is InChI=1S/C13H19N3O2/c1-2-8-15-13(14)16-9-11(17)10-18-12-6-4-3-5-7-12/h2-7,11,17H,1,8-10H2,(H3,14,15,16). The van der Waals surface area contributed by atoms with Crippen molar-refractivity contribution in [3.63, 3.8) is 0 Å². The number of nitrogens with zero attached hydrogens (tertiary/aromatic N) is 1. The molecule has 4 N–H and O–H groups in total. The van der Waals surface area contributed by atoms with Gasteiger partial charge in [-0.15, -0.1) is 6.58 Å². The molecule has 0 aliphatic rings. The van der Waals surface area contributed by atoms with Crippen LogP contribution >= 0.6 is 0 Å². The number of nitrogens with two attached hydrogens (primary N) is 1. The Balaban J connectivity index is 2.25. The van der Waals surface area contributed by atoms with E-state index in [2.05, 4.69) is 16.9 Å². The molecule has 1 rings (SSSR count). The summed E-state index contributed by atoms with van der Waals surface area (Å²) in [5, 5.41) is 12.5. The third-order valence-electron chi connectivity index (χ3n) is 2.09. The highest BCUT2D eigenvalue weighted by Gasteiger charge is 2.04. The predicted molar refractivity (Wildman–Crippen MR) is 72.6 cm³/mol. The first-order valence-corrected chi connectivity index (χ1v) is 5.73. The largest absolute Gasteiger partial charge is 0.491 e. The maximum absolute atomic E-state index is 9.65. The molecule has 0 aromatic heterocycles. The Morgan fingerprint density at radius 1 is 1.50 bits per heavy atom. The summed E-state index contributed by atoms with van der Waals surface area (Å²) in [4.78, 5) is 3.98. The van der Waals surface area contributed by atoms with Gasteiger partial charge in [-0.3, -0.25) is 4.99 Å². The SMILES string of the molecule is C=CCNC(N)=NCC(O)COc1ccccc1. The Labute approximate surface area is 107 Å². The summed E-state index contributed by atoms with van der Waals surface area (Å²) in [7, 11) is 0. The minimum Gasteiger partial charge on any atom is -0.491 e. The predicted octanol–water partition coefficient (Wildman–Crippen LogP) is 0.517. The van der Waals surface area contributed by atoms with E-state index >= 15 is 0 Å². The lowest BCUT2D eigenvalue weighted by Crippen LogP contribution is -2.33. The second kappa shape index (κ2) is 8.14. The molecule has 0 aliphatic heterocycles. The topological polar surface area (TPSA) is 79.9 Å². The number of nitrogens with one attached hydrogen (secondary N) is 1. The van der Waals surface area contributed by atoms with E-state index in [-0.39, 0.29) is 19.1 Å². The van der Waals surface area contributed by atoms with Gasteiger partial charge in [-0.1, -0.05) is 24.3 Å². The number of hydrogen-bond acceptors (Lipinski definition) is 3. The van der Waals surface area contributed by atoms with E-state index in [0.717, 1.165) is 5.75 Å². The highest BCUT2D eigenvalue weighted by atomic mass is 16.5. The molecule has 0 amide bonds. The van der Waals surface area contributed by atoms with Crippen molar-refractivity contribution in [2.45, 2.75) is 6.10 Å². The lowest BCUT2D eigenvalue weighted by molar-refractivity contribution is 0.114. The third-order valence-corrected chi connectivity index (χ3v) is 2.09. The minimum atomic E-state index is -0.686. The summed E-state index contributed by atoms with van der Waals surface area (Å²) >= 11 is 0. The zero-order valence-corrected chi connectivity index (χ0v) is 10.2. The van der Waals surface area contributed by atoms with Gasteiger partial charge in [0.2, 0.25) is 0 Å². The van der Waals surface area contributed by atoms with E-state index in [0.29, 0.717) is 6.54 Å². The van der Waals surface area contributed by atoms with Crippen LogP contribution in [0.25, 0.3) is 0 Å². The zero-order valence-electron chi connectivity index (χ0n) is 10.2. The summed E-state index contributed by atoms with van der Waals surface area (Å²) in [5.41, 5.74) is 5.55. The van der Waals surface area contributed by atoms with Gasteiger partial charge in [-0.05, 0) is 12.1 Å². The Morgan fingerprint density at radius 3 is 2.89 bits per heavy atom. The second-order valence-electron chi connectivity index (χ2n) is 3.67. The summed E-state index contributed by atoms with van der Waals surface area (Å²) < 4.78 is 5.38. The van der Waals surface area contributed by atoms with E-state index < -0.39 is 6.10 Å². The van der Waals surface area contributed by atoms with Crippen LogP contribution in [0.1, 0.15) is 0 Å². The molecule has 18 heavy (non-hydrogen) atoms. The normalized spacial score (nSPS) is 12.8. The molecule has 1 aromatic rings. The Hall–Kier alpha value is -2.01. The van der Waals surface area contributed by atoms with Gasteiger partial charge in [0.25, 0.3) is 0 Å². The molecule has 0 radical (unpaired) electrons. The van der Waals surface area contributed by atoms with Crippen molar-refractivity contribution in [3.8, 4) is 5.75 Å². The number of aliphatic hydroxyl groups is 1. The van der Waals surface area contributed by atoms with Gasteiger partial charge in [-0.2, -0.15) is 0 Å². The summed E-state index contributed by atoms with van der Waals surface area (Å²) in [6.45, 7) is 4.48. The van der Waals surface area contributed by atoms with E-state index in [1.807, 2.05) is 30.3 Å². The van der Waals surface area contributed by atoms with Crippen LogP contribution in [-0.4, -0.2) is 36.9 Å². The zero-order chi connectivity index (χ0) is 13.2. The van der Waals surface area contributed by atoms with Crippen molar-refractivity contribution < 1.29 is 9.84 Å². The average molecular weight is 249 g/mol. The molecule has 98 valence electrons. The summed E-state index contributed by atoms with van der Waals surface area (Å²) in [6.07, 6.45) is 0.992. The van der Waals surface area contributed by atoms with Gasteiger partial charge in [0.1, 0.15) is 18.5 Å². The second-order valence-corrected chi connectivity index (χ2v) is 3.67. The molecule has 1 aromatic carbocycles. The average Bonchev–Trinajstić information content (AvgIpc) is 2.41. The number of benzene rings is 1. The number of aliphatic hydroxyl groups excluding tert-OH is 1. The first kappa shape index (κ1) is 14.1. The fourth-order valence-electron chi connectivity index (χ4n) is 1.20. The highest BCUT2D eigenvalue weighted by molar-refractivity contribution is 5.77. The fraction of sp³-hybridized carbons (Fsp3) is 0.308. The van der Waals surface area contributed by atoms with Gasteiger partial charge in [0.15, 0.2) is 5.96 Å². The maximum atomic E-state index is 9.65. The summed E-state index contributed by atoms with van der Waals surface area (Å²) in [5.74, 6) is 1.01. The van der Waals surface area contributed by atoms with E-state index in [4.69, 9.17) is 10.5 Å². The van der Waals surface area contributed by atoms with Crippen LogP contribution in [-0.2, 0) is 0 Å². The molecule has 5 nitrogen and oxygen atoms in total. The first-order chi connectivity index (χ1) is 8.72. The number of para-hydroxylation sites is 1. The molecule has 0 saturated heterocycles. The van der Waals surface area contributed by atoms with Crippen LogP contribution < -0.4 is 15.8 Å². The van der Waals surface area contributed by atoms with E-state index in [1.54, 1.807) is 6.08 Å². The molecule has 0 fully saturated rings. The number of hydrogen-bond donors (Lipinski definition) is 3. The molecule has 0 aliphatic carbocycles. The minimum absolute atomic E-state index is 0.183. The quantitative estimate of drug-likeness (QED) is 0.374. The number of rotatable bonds is 7. The van der Waals surface area contributed by atoms with E-state index in [9.17, 15) is 5.11 Å². The van der Waals surface area contributed by atoms with Gasteiger partial charge >= 0.3 is 0 Å². The van der Waals surface area contributed by atoms with Crippen LogP contribution in [0.3, 0.4) is 0 Å². The molecule has 0 bridgehead atoms. The van der Waals surface area contributed by atoms with Crippen LogP contribution in [0.15, 0.2) is 48.0 Å². The molecular weight excluding hydrogens is 230 g/mol. The monoisotopic (exact) mass is 249 g/mol. The third kappa shape index (κ3) is 5.91. The van der Waals surface area contributed by atoms with Gasteiger partial charge < -0.3 is 20.9 Å². The number of aliphatic imine (C=N–C) groups is 1. The number of guanidine groups is 1. The van der Waals surface area contributed by atoms with Gasteiger partial charge in [-0.25, -0.2) is 0 Å². The van der Waals surface area contributed by atoms with E-state index in [1.165, 1.54) is 0 Å². The first-order valence-electron chi connectivity index (χ1n) is 5.73. The Bertz CT molecular complexity index is 379. The van der Waals surface area contributed by atoms with Crippen molar-refractivity contribution in [3.05, 3.63) is 43.0 Å². The van der Waals surface area contributed by atoms with Crippen molar-refractivity contribution in [2.75, 3.05) is 19.7 Å². The molecular formula is C13H19N3O2. The molecule has 1 unspecified atom stereocenters. The van der Waals surface area contributed by atoms with Gasteiger partial charge in [0, 0.05) is 6.54 Å². The van der Waals surface area contributed by atoms with Crippen molar-refractivity contribution in [1.82, 2.24) is 5.32 Å². The molecule has 0 saturated carbocycles.